The minimum Gasteiger partial charge on any atom is -0.458 e. The van der Waals surface area contributed by atoms with Crippen molar-refractivity contribution in [1.82, 2.24) is 0 Å². The molecule has 2 fully saturated rings. The maximum absolute atomic E-state index is 12.8. The number of carbonyl (C=O) groups is 1. The van der Waals surface area contributed by atoms with Gasteiger partial charge < -0.3 is 9.84 Å². The topological polar surface area (TPSA) is 89.9 Å². The van der Waals surface area contributed by atoms with Crippen molar-refractivity contribution < 1.29 is 27.2 Å². The van der Waals surface area contributed by atoms with Gasteiger partial charge in [0.05, 0.1) is 24.5 Å². The first kappa shape index (κ1) is 23.0. The van der Waals surface area contributed by atoms with E-state index in [9.17, 15) is 18.3 Å². The average molecular weight is 437 g/mol. The summed E-state index contributed by atoms with van der Waals surface area (Å²) in [5, 5.41) is 11.3. The Kier molecular flexibility index (Phi) is 6.75. The molecule has 7 heteroatoms. The highest BCUT2D eigenvalue weighted by atomic mass is 32.2. The van der Waals surface area contributed by atoms with E-state index >= 15 is 0 Å². The molecule has 0 aliphatic heterocycles. The molecule has 166 valence electrons. The molecule has 5 atom stereocenters. The van der Waals surface area contributed by atoms with Crippen molar-refractivity contribution in [3.8, 4) is 0 Å². The first-order chi connectivity index (χ1) is 14.0. The number of benzene rings is 1. The highest BCUT2D eigenvalue weighted by molar-refractivity contribution is 7.85. The number of hydrogen-bond donors (Lipinski definition) is 1. The molecule has 0 heterocycles. The number of esters is 1. The van der Waals surface area contributed by atoms with Crippen LogP contribution in [0.4, 0.5) is 0 Å². The predicted molar refractivity (Wildman–Crippen MR) is 114 cm³/mol. The van der Waals surface area contributed by atoms with Gasteiger partial charge in [-0.05, 0) is 49.7 Å². The molecule has 1 aromatic carbocycles. The van der Waals surface area contributed by atoms with E-state index in [4.69, 9.17) is 8.92 Å². The van der Waals surface area contributed by atoms with Gasteiger partial charge in [-0.3, -0.25) is 4.18 Å². The van der Waals surface area contributed by atoms with E-state index in [1.807, 2.05) is 6.07 Å². The fourth-order valence-electron chi connectivity index (χ4n) is 5.26. The summed E-state index contributed by atoms with van der Waals surface area (Å²) in [7, 11) is -3.70. The molecule has 0 bridgehead atoms. The molecule has 0 amide bonds. The minimum absolute atomic E-state index is 0.0710. The highest BCUT2D eigenvalue weighted by Gasteiger charge is 2.58. The maximum atomic E-state index is 12.8. The third kappa shape index (κ3) is 4.63. The van der Waals surface area contributed by atoms with Gasteiger partial charge in [0, 0.05) is 11.3 Å². The Morgan fingerprint density at radius 3 is 2.53 bits per heavy atom. The number of rotatable bonds is 6. The molecule has 0 unspecified atom stereocenters. The molecule has 0 radical (unpaired) electrons. The van der Waals surface area contributed by atoms with Gasteiger partial charge in [-0.15, -0.1) is 0 Å². The summed E-state index contributed by atoms with van der Waals surface area (Å²) in [6, 6.07) is 8.73. The van der Waals surface area contributed by atoms with Gasteiger partial charge in [0.1, 0.15) is 6.10 Å². The third-order valence-corrected chi connectivity index (χ3v) is 7.35. The number of aliphatic hydroxyl groups is 1. The lowest BCUT2D eigenvalue weighted by Crippen LogP contribution is -2.59. The second-order valence-corrected chi connectivity index (χ2v) is 10.7. The second kappa shape index (κ2) is 8.81. The highest BCUT2D eigenvalue weighted by Crippen LogP contribution is 2.56. The first-order valence-corrected chi connectivity index (χ1v) is 12.3. The molecular formula is C23H32O6S. The lowest BCUT2D eigenvalue weighted by molar-refractivity contribution is -0.147. The summed E-state index contributed by atoms with van der Waals surface area (Å²) in [4.78, 5) is 12.8. The van der Waals surface area contributed by atoms with Crippen molar-refractivity contribution in [2.75, 3.05) is 12.9 Å². The molecule has 3 rings (SSSR count). The van der Waals surface area contributed by atoms with Crippen molar-refractivity contribution in [2.24, 2.45) is 23.2 Å². The summed E-state index contributed by atoms with van der Waals surface area (Å²) in [5.74, 6) is -0.496. The van der Waals surface area contributed by atoms with Gasteiger partial charge in [-0.1, -0.05) is 44.2 Å². The van der Waals surface area contributed by atoms with Crippen molar-refractivity contribution >= 4 is 16.1 Å². The Morgan fingerprint density at radius 1 is 1.27 bits per heavy atom. The van der Waals surface area contributed by atoms with Crippen LogP contribution in [0.2, 0.25) is 0 Å². The zero-order valence-electron chi connectivity index (χ0n) is 17.9. The van der Waals surface area contributed by atoms with Crippen LogP contribution in [0.1, 0.15) is 49.9 Å². The van der Waals surface area contributed by atoms with Gasteiger partial charge in [-0.2, -0.15) is 8.42 Å². The fraction of sp³-hybridized carbons (Fsp3) is 0.609. The Bertz CT molecular complexity index is 878. The van der Waals surface area contributed by atoms with E-state index < -0.39 is 33.7 Å². The van der Waals surface area contributed by atoms with Gasteiger partial charge in [0.2, 0.25) is 0 Å². The number of fused-ring (bicyclic) bond motifs is 1. The van der Waals surface area contributed by atoms with Crippen molar-refractivity contribution in [1.29, 1.82) is 0 Å². The Hall–Kier alpha value is -1.70. The van der Waals surface area contributed by atoms with Crippen LogP contribution in [0.25, 0.3) is 0 Å². The molecule has 2 aliphatic carbocycles. The van der Waals surface area contributed by atoms with Gasteiger partial charge >= 0.3 is 5.97 Å². The molecule has 2 saturated carbocycles. The molecule has 0 aromatic heterocycles. The summed E-state index contributed by atoms with van der Waals surface area (Å²) < 4.78 is 34.8. The summed E-state index contributed by atoms with van der Waals surface area (Å²) in [6.07, 6.45) is 2.20. The first-order valence-electron chi connectivity index (χ1n) is 10.5. The number of aliphatic hydroxyl groups excluding tert-OH is 1. The SMILES string of the molecule is C=C1CC[C@@H](OC(=O)c2ccccc2)[C@]2(COS(C)(=O)=O)CC[C@@H](C(C)C)[C@@H](O)[C@@H]12. The van der Waals surface area contributed by atoms with Crippen molar-refractivity contribution in [2.45, 2.75) is 51.7 Å². The van der Waals surface area contributed by atoms with E-state index in [-0.39, 0.29) is 24.4 Å². The molecule has 0 spiro atoms. The van der Waals surface area contributed by atoms with Crippen LogP contribution >= 0.6 is 0 Å². The maximum Gasteiger partial charge on any atom is 0.338 e. The van der Waals surface area contributed by atoms with Crippen LogP contribution in [0, 0.1) is 23.2 Å². The van der Waals surface area contributed by atoms with Gasteiger partial charge in [-0.25, -0.2) is 4.79 Å². The Balaban J connectivity index is 1.96. The Morgan fingerprint density at radius 2 is 1.93 bits per heavy atom. The molecule has 30 heavy (non-hydrogen) atoms. The van der Waals surface area contributed by atoms with E-state index in [2.05, 4.69) is 20.4 Å². The summed E-state index contributed by atoms with van der Waals surface area (Å²) >= 11 is 0. The molecule has 0 saturated heterocycles. The standard InChI is InChI=1S/C23H32O6S/c1-15(2)18-12-13-23(14-28-30(4,26)27)19(11-10-16(3)20(23)21(18)24)29-22(25)17-8-6-5-7-9-17/h5-9,15,18-21,24H,3,10-14H2,1-2,4H3/t18-,19+,20+,21+,23+/m0/s1. The molecular weight excluding hydrogens is 404 g/mol. The molecule has 1 N–H and O–H groups in total. The van der Waals surface area contributed by atoms with Crippen molar-refractivity contribution in [3.05, 3.63) is 48.0 Å². The monoisotopic (exact) mass is 436 g/mol. The second-order valence-electron chi connectivity index (χ2n) is 9.07. The van der Waals surface area contributed by atoms with E-state index in [1.165, 1.54) is 0 Å². The van der Waals surface area contributed by atoms with Crippen molar-refractivity contribution in [3.63, 3.8) is 0 Å². The van der Waals surface area contributed by atoms with Crippen LogP contribution in [0.3, 0.4) is 0 Å². The van der Waals surface area contributed by atoms with E-state index in [0.29, 0.717) is 31.2 Å². The number of carbonyl (C=O) groups excluding carboxylic acids is 1. The minimum atomic E-state index is -3.70. The molecule has 2 aliphatic rings. The van der Waals surface area contributed by atoms with Gasteiger partial charge in [0.15, 0.2) is 0 Å². The molecule has 1 aromatic rings. The fourth-order valence-corrected chi connectivity index (χ4v) is 5.70. The van der Waals surface area contributed by atoms with Crippen LogP contribution in [0.15, 0.2) is 42.5 Å². The number of ether oxygens (including phenoxy) is 1. The largest absolute Gasteiger partial charge is 0.458 e. The van der Waals surface area contributed by atoms with Gasteiger partial charge in [0.25, 0.3) is 10.1 Å². The quantitative estimate of drug-likeness (QED) is 0.417. The van der Waals surface area contributed by atoms with Crippen LogP contribution in [0.5, 0.6) is 0 Å². The zero-order chi connectivity index (χ0) is 22.1. The summed E-state index contributed by atoms with van der Waals surface area (Å²) in [5.41, 5.74) is 0.485. The molecule has 6 nitrogen and oxygen atoms in total. The smallest absolute Gasteiger partial charge is 0.338 e. The summed E-state index contributed by atoms with van der Waals surface area (Å²) in [6.45, 7) is 8.22. The lowest BCUT2D eigenvalue weighted by atomic mass is 9.52. The number of hydrogen-bond acceptors (Lipinski definition) is 6. The van der Waals surface area contributed by atoms with Crippen LogP contribution in [-0.4, -0.2) is 44.6 Å². The lowest BCUT2D eigenvalue weighted by Gasteiger charge is -2.56. The van der Waals surface area contributed by atoms with Crippen LogP contribution < -0.4 is 0 Å². The zero-order valence-corrected chi connectivity index (χ0v) is 18.7. The predicted octanol–water partition coefficient (Wildman–Crippen LogP) is 3.57. The Labute approximate surface area is 179 Å². The van der Waals surface area contributed by atoms with E-state index in [0.717, 1.165) is 11.8 Å². The normalized spacial score (nSPS) is 32.0. The van der Waals surface area contributed by atoms with E-state index in [1.54, 1.807) is 24.3 Å². The third-order valence-electron chi connectivity index (χ3n) is 6.81. The van der Waals surface area contributed by atoms with Crippen LogP contribution in [-0.2, 0) is 19.0 Å². The average Bonchev–Trinajstić information content (AvgIpc) is 2.68.